The lowest BCUT2D eigenvalue weighted by atomic mass is 10.2. The van der Waals surface area contributed by atoms with Crippen LogP contribution in [-0.4, -0.2) is 17.6 Å². The predicted molar refractivity (Wildman–Crippen MR) is 81.9 cm³/mol. The van der Waals surface area contributed by atoms with Crippen LogP contribution in [0.1, 0.15) is 15.9 Å². The fourth-order valence-electron chi connectivity index (χ4n) is 2.04. The van der Waals surface area contributed by atoms with Crippen molar-refractivity contribution in [2.75, 3.05) is 11.1 Å². The minimum absolute atomic E-state index is 0.0584. The zero-order chi connectivity index (χ0) is 14.8. The van der Waals surface area contributed by atoms with E-state index in [4.69, 9.17) is 4.74 Å². The van der Waals surface area contributed by atoms with Crippen molar-refractivity contribution in [2.45, 2.75) is 11.8 Å². The number of amides is 1. The van der Waals surface area contributed by atoms with Gasteiger partial charge in [-0.3, -0.25) is 4.79 Å². The third kappa shape index (κ3) is 2.92. The van der Waals surface area contributed by atoms with E-state index < -0.39 is 5.97 Å². The van der Waals surface area contributed by atoms with E-state index in [1.165, 1.54) is 11.8 Å². The highest BCUT2D eigenvalue weighted by molar-refractivity contribution is 8.00. The molecule has 0 aliphatic carbocycles. The van der Waals surface area contributed by atoms with E-state index in [2.05, 4.69) is 5.32 Å². The second-order valence-electron chi connectivity index (χ2n) is 4.70. The maximum absolute atomic E-state index is 12.2. The van der Waals surface area contributed by atoms with E-state index in [0.29, 0.717) is 22.8 Å². The number of para-hydroxylation sites is 1. The highest BCUT2D eigenvalue weighted by atomic mass is 32.2. The zero-order valence-corrected chi connectivity index (χ0v) is 12.2. The molecule has 0 saturated heterocycles. The van der Waals surface area contributed by atoms with Crippen LogP contribution in [0.3, 0.4) is 0 Å². The molecule has 1 heterocycles. The fourth-order valence-corrected chi connectivity index (χ4v) is 2.83. The summed E-state index contributed by atoms with van der Waals surface area (Å²) >= 11 is 1.46. The lowest BCUT2D eigenvalue weighted by Crippen LogP contribution is -2.19. The van der Waals surface area contributed by atoms with Gasteiger partial charge < -0.3 is 10.1 Å². The Morgan fingerprint density at radius 1 is 1.24 bits per heavy atom. The Bertz CT molecular complexity index is 727. The van der Waals surface area contributed by atoms with Crippen LogP contribution in [0.4, 0.5) is 5.69 Å². The molecular weight excluding hydrogens is 286 g/mol. The Balaban J connectivity index is 1.84. The van der Waals surface area contributed by atoms with Gasteiger partial charge in [-0.1, -0.05) is 18.2 Å². The van der Waals surface area contributed by atoms with Crippen LogP contribution in [-0.2, 0) is 4.79 Å². The third-order valence-corrected chi connectivity index (χ3v) is 4.22. The second kappa shape index (κ2) is 5.61. The summed E-state index contributed by atoms with van der Waals surface area (Å²) in [5.74, 6) is 0.451. The maximum Gasteiger partial charge on any atom is 0.343 e. The van der Waals surface area contributed by atoms with Crippen LogP contribution >= 0.6 is 11.8 Å². The second-order valence-corrected chi connectivity index (χ2v) is 5.72. The Labute approximate surface area is 126 Å². The first-order valence-corrected chi connectivity index (χ1v) is 7.46. The molecule has 1 aliphatic rings. The Morgan fingerprint density at radius 2 is 2.05 bits per heavy atom. The summed E-state index contributed by atoms with van der Waals surface area (Å²) in [5, 5.41) is 2.76. The number of anilines is 1. The van der Waals surface area contributed by atoms with Crippen molar-refractivity contribution in [1.82, 2.24) is 0 Å². The van der Waals surface area contributed by atoms with E-state index >= 15 is 0 Å². The summed E-state index contributed by atoms with van der Waals surface area (Å²) in [6, 6.07) is 12.5. The number of hydrogen-bond acceptors (Lipinski definition) is 4. The zero-order valence-electron chi connectivity index (χ0n) is 11.4. The summed E-state index contributed by atoms with van der Waals surface area (Å²) in [6.07, 6.45) is 0. The Morgan fingerprint density at radius 3 is 2.86 bits per heavy atom. The molecule has 0 aromatic heterocycles. The molecule has 0 fully saturated rings. The molecule has 1 N–H and O–H groups in total. The molecule has 0 unspecified atom stereocenters. The minimum Gasteiger partial charge on any atom is -0.423 e. The molecule has 4 nitrogen and oxygen atoms in total. The molecule has 0 atom stereocenters. The van der Waals surface area contributed by atoms with Gasteiger partial charge in [0.2, 0.25) is 5.91 Å². The van der Waals surface area contributed by atoms with E-state index in [1.54, 1.807) is 18.2 Å². The monoisotopic (exact) mass is 299 g/mol. The van der Waals surface area contributed by atoms with Crippen molar-refractivity contribution in [2.24, 2.45) is 0 Å². The standard InChI is InChI=1S/C16H13NO3S/c1-10-4-2-3-5-13(10)20-16(19)11-6-7-14-12(8-11)17-15(18)9-21-14/h2-8H,9H2,1H3,(H,17,18). The van der Waals surface area contributed by atoms with Crippen molar-refractivity contribution in [1.29, 1.82) is 0 Å². The quantitative estimate of drug-likeness (QED) is 0.683. The highest BCUT2D eigenvalue weighted by Crippen LogP contribution is 2.32. The van der Waals surface area contributed by atoms with Crippen LogP contribution in [0, 0.1) is 6.92 Å². The Hall–Kier alpha value is -2.27. The number of hydrogen-bond donors (Lipinski definition) is 1. The van der Waals surface area contributed by atoms with E-state index in [1.807, 2.05) is 31.2 Å². The summed E-state index contributed by atoms with van der Waals surface area (Å²) in [7, 11) is 0. The third-order valence-electron chi connectivity index (χ3n) is 3.14. The summed E-state index contributed by atoms with van der Waals surface area (Å²) in [4.78, 5) is 24.5. The summed E-state index contributed by atoms with van der Waals surface area (Å²) in [6.45, 7) is 1.88. The van der Waals surface area contributed by atoms with Crippen molar-refractivity contribution < 1.29 is 14.3 Å². The van der Waals surface area contributed by atoms with Crippen LogP contribution < -0.4 is 10.1 Å². The Kier molecular flexibility index (Phi) is 3.66. The smallest absolute Gasteiger partial charge is 0.343 e. The van der Waals surface area contributed by atoms with E-state index in [-0.39, 0.29) is 5.91 Å². The van der Waals surface area contributed by atoms with Gasteiger partial charge >= 0.3 is 5.97 Å². The average Bonchev–Trinajstić information content (AvgIpc) is 2.48. The number of rotatable bonds is 2. The molecule has 5 heteroatoms. The predicted octanol–water partition coefficient (Wildman–Crippen LogP) is 3.26. The summed E-state index contributed by atoms with van der Waals surface area (Å²) < 4.78 is 5.39. The normalized spacial score (nSPS) is 13.3. The molecule has 3 rings (SSSR count). The highest BCUT2D eigenvalue weighted by Gasteiger charge is 2.18. The number of aryl methyl sites for hydroxylation is 1. The maximum atomic E-state index is 12.2. The van der Waals surface area contributed by atoms with Gasteiger partial charge in [0.15, 0.2) is 0 Å². The van der Waals surface area contributed by atoms with Gasteiger partial charge in [-0.05, 0) is 36.8 Å². The van der Waals surface area contributed by atoms with Gasteiger partial charge in [-0.2, -0.15) is 0 Å². The molecule has 0 spiro atoms. The number of ether oxygens (including phenoxy) is 1. The van der Waals surface area contributed by atoms with Gasteiger partial charge in [0.05, 0.1) is 17.0 Å². The molecule has 1 aliphatic heterocycles. The first-order valence-electron chi connectivity index (χ1n) is 6.48. The number of fused-ring (bicyclic) bond motifs is 1. The van der Waals surface area contributed by atoms with Crippen LogP contribution in [0.25, 0.3) is 0 Å². The topological polar surface area (TPSA) is 55.4 Å². The van der Waals surface area contributed by atoms with Crippen LogP contribution in [0.15, 0.2) is 47.4 Å². The number of esters is 1. The van der Waals surface area contributed by atoms with Crippen LogP contribution in [0.2, 0.25) is 0 Å². The molecule has 2 aromatic rings. The largest absolute Gasteiger partial charge is 0.423 e. The van der Waals surface area contributed by atoms with Gasteiger partial charge in [-0.15, -0.1) is 11.8 Å². The molecule has 21 heavy (non-hydrogen) atoms. The number of nitrogens with one attached hydrogen (secondary N) is 1. The molecule has 2 aromatic carbocycles. The van der Waals surface area contributed by atoms with Crippen molar-refractivity contribution in [3.8, 4) is 5.75 Å². The average molecular weight is 299 g/mol. The van der Waals surface area contributed by atoms with Crippen molar-refractivity contribution >= 4 is 29.3 Å². The molecule has 0 bridgehead atoms. The number of benzene rings is 2. The van der Waals surface area contributed by atoms with E-state index in [9.17, 15) is 9.59 Å². The minimum atomic E-state index is -0.433. The van der Waals surface area contributed by atoms with Crippen molar-refractivity contribution in [3.05, 3.63) is 53.6 Å². The van der Waals surface area contributed by atoms with Crippen molar-refractivity contribution in [3.63, 3.8) is 0 Å². The van der Waals surface area contributed by atoms with Gasteiger partial charge in [0.1, 0.15) is 5.75 Å². The molecular formula is C16H13NO3S. The number of carbonyl (C=O) groups excluding carboxylic acids is 2. The van der Waals surface area contributed by atoms with Gasteiger partial charge in [-0.25, -0.2) is 4.79 Å². The summed E-state index contributed by atoms with van der Waals surface area (Å²) in [5.41, 5.74) is 1.97. The fraction of sp³-hybridized carbons (Fsp3) is 0.125. The first-order chi connectivity index (χ1) is 10.1. The molecule has 0 saturated carbocycles. The SMILES string of the molecule is Cc1ccccc1OC(=O)c1ccc2c(c1)NC(=O)CS2. The van der Waals surface area contributed by atoms with Gasteiger partial charge in [0.25, 0.3) is 0 Å². The number of carbonyl (C=O) groups is 2. The molecule has 1 amide bonds. The lowest BCUT2D eigenvalue weighted by molar-refractivity contribution is -0.113. The van der Waals surface area contributed by atoms with Crippen LogP contribution in [0.5, 0.6) is 5.75 Å². The number of thioether (sulfide) groups is 1. The van der Waals surface area contributed by atoms with Gasteiger partial charge in [0, 0.05) is 4.90 Å². The molecule has 106 valence electrons. The van der Waals surface area contributed by atoms with E-state index in [0.717, 1.165) is 10.5 Å². The molecule has 0 radical (unpaired) electrons. The lowest BCUT2D eigenvalue weighted by Gasteiger charge is -2.16. The first kappa shape index (κ1) is 13.7.